The molecule has 1 atom stereocenters. The summed E-state index contributed by atoms with van der Waals surface area (Å²) >= 11 is 0. The Morgan fingerprint density at radius 1 is 0.969 bits per heavy atom. The first kappa shape index (κ1) is 23.5. The Morgan fingerprint density at radius 2 is 1.69 bits per heavy atom. The lowest BCUT2D eigenvalue weighted by molar-refractivity contribution is -0.140. The number of carbonyl (C=O) groups excluding carboxylic acids is 2. The van der Waals surface area contributed by atoms with Crippen molar-refractivity contribution in [1.82, 2.24) is 10.2 Å². The SMILES string of the molecule is CCCCNC(=O)C(C)N(Cc1ccc(C)cc1)C(=O)CCc1cccc2ccccc12. The molecule has 0 saturated carbocycles. The highest BCUT2D eigenvalue weighted by Gasteiger charge is 2.25. The zero-order valence-electron chi connectivity index (χ0n) is 19.4. The predicted molar refractivity (Wildman–Crippen MR) is 131 cm³/mol. The number of unbranched alkanes of at least 4 members (excludes halogenated alkanes) is 1. The maximum absolute atomic E-state index is 13.3. The first-order valence-electron chi connectivity index (χ1n) is 11.6. The second-order valence-corrected chi connectivity index (χ2v) is 8.47. The highest BCUT2D eigenvalue weighted by atomic mass is 16.2. The minimum atomic E-state index is -0.520. The summed E-state index contributed by atoms with van der Waals surface area (Å²) in [6.45, 7) is 7.03. The van der Waals surface area contributed by atoms with E-state index in [1.165, 1.54) is 16.3 Å². The van der Waals surface area contributed by atoms with Crippen LogP contribution in [0.1, 0.15) is 49.8 Å². The van der Waals surface area contributed by atoms with Crippen LogP contribution >= 0.6 is 0 Å². The van der Waals surface area contributed by atoms with Crippen LogP contribution in [0.4, 0.5) is 0 Å². The number of carbonyl (C=O) groups is 2. The molecule has 32 heavy (non-hydrogen) atoms. The fraction of sp³-hybridized carbons (Fsp3) is 0.357. The van der Waals surface area contributed by atoms with Crippen molar-refractivity contribution in [3.63, 3.8) is 0 Å². The van der Waals surface area contributed by atoms with Crippen LogP contribution in [-0.4, -0.2) is 29.3 Å². The summed E-state index contributed by atoms with van der Waals surface area (Å²) in [4.78, 5) is 27.8. The summed E-state index contributed by atoms with van der Waals surface area (Å²) < 4.78 is 0. The zero-order chi connectivity index (χ0) is 22.9. The van der Waals surface area contributed by atoms with Gasteiger partial charge in [0.15, 0.2) is 0 Å². The van der Waals surface area contributed by atoms with Crippen molar-refractivity contribution < 1.29 is 9.59 Å². The van der Waals surface area contributed by atoms with Gasteiger partial charge in [0.1, 0.15) is 6.04 Å². The molecule has 0 fully saturated rings. The Hall–Kier alpha value is -3.14. The molecule has 0 aliphatic carbocycles. The molecule has 0 radical (unpaired) electrons. The Labute approximate surface area is 191 Å². The molecule has 2 amide bonds. The van der Waals surface area contributed by atoms with Gasteiger partial charge < -0.3 is 10.2 Å². The lowest BCUT2D eigenvalue weighted by Crippen LogP contribution is -2.47. The Bertz CT molecular complexity index is 1040. The van der Waals surface area contributed by atoms with Gasteiger partial charge >= 0.3 is 0 Å². The van der Waals surface area contributed by atoms with Gasteiger partial charge in [0.25, 0.3) is 0 Å². The second-order valence-electron chi connectivity index (χ2n) is 8.47. The third kappa shape index (κ3) is 6.19. The molecule has 3 aromatic rings. The Kier molecular flexibility index (Phi) is 8.43. The van der Waals surface area contributed by atoms with Gasteiger partial charge in [-0.1, -0.05) is 85.6 Å². The second kappa shape index (κ2) is 11.5. The van der Waals surface area contributed by atoms with Crippen LogP contribution in [0.3, 0.4) is 0 Å². The summed E-state index contributed by atoms with van der Waals surface area (Å²) in [6.07, 6.45) is 2.97. The van der Waals surface area contributed by atoms with E-state index in [9.17, 15) is 9.59 Å². The molecule has 3 aromatic carbocycles. The number of nitrogens with zero attached hydrogens (tertiary/aromatic N) is 1. The maximum Gasteiger partial charge on any atom is 0.242 e. The van der Waals surface area contributed by atoms with Crippen LogP contribution in [0, 0.1) is 6.92 Å². The molecule has 0 aliphatic heterocycles. The van der Waals surface area contributed by atoms with Crippen molar-refractivity contribution in [3.8, 4) is 0 Å². The van der Waals surface area contributed by atoms with E-state index in [2.05, 4.69) is 36.5 Å². The van der Waals surface area contributed by atoms with Crippen LogP contribution in [0.5, 0.6) is 0 Å². The third-order valence-corrected chi connectivity index (χ3v) is 5.96. The number of hydrogen-bond donors (Lipinski definition) is 1. The molecular weight excluding hydrogens is 396 g/mol. The molecule has 0 heterocycles. The van der Waals surface area contributed by atoms with E-state index < -0.39 is 6.04 Å². The molecule has 0 aliphatic rings. The Balaban J connectivity index is 1.75. The van der Waals surface area contributed by atoms with Gasteiger partial charge in [-0.2, -0.15) is 0 Å². The summed E-state index contributed by atoms with van der Waals surface area (Å²) in [5, 5.41) is 5.34. The van der Waals surface area contributed by atoms with Gasteiger partial charge in [0.05, 0.1) is 0 Å². The van der Waals surface area contributed by atoms with E-state index >= 15 is 0 Å². The first-order valence-corrected chi connectivity index (χ1v) is 11.6. The van der Waals surface area contributed by atoms with Crippen molar-refractivity contribution in [2.45, 2.75) is 59.0 Å². The highest BCUT2D eigenvalue weighted by Crippen LogP contribution is 2.21. The van der Waals surface area contributed by atoms with Gasteiger partial charge in [0.2, 0.25) is 11.8 Å². The fourth-order valence-electron chi connectivity index (χ4n) is 3.90. The lowest BCUT2D eigenvalue weighted by atomic mass is 10.0. The number of rotatable bonds is 10. The number of aryl methyl sites for hydroxylation is 2. The normalized spacial score (nSPS) is 11.8. The van der Waals surface area contributed by atoms with Crippen molar-refractivity contribution >= 4 is 22.6 Å². The molecule has 0 aromatic heterocycles. The van der Waals surface area contributed by atoms with E-state index in [1.807, 2.05) is 56.3 Å². The van der Waals surface area contributed by atoms with E-state index in [0.717, 1.165) is 24.0 Å². The van der Waals surface area contributed by atoms with Crippen LogP contribution in [0.25, 0.3) is 10.8 Å². The number of nitrogens with one attached hydrogen (secondary N) is 1. The molecule has 0 spiro atoms. The van der Waals surface area contributed by atoms with Gasteiger partial charge in [-0.3, -0.25) is 9.59 Å². The minimum absolute atomic E-state index is 0.00310. The summed E-state index contributed by atoms with van der Waals surface area (Å²) in [5.74, 6) is -0.0966. The average Bonchev–Trinajstić information content (AvgIpc) is 2.81. The topological polar surface area (TPSA) is 49.4 Å². The van der Waals surface area contributed by atoms with Crippen molar-refractivity contribution in [2.24, 2.45) is 0 Å². The monoisotopic (exact) mass is 430 g/mol. The van der Waals surface area contributed by atoms with E-state index in [1.54, 1.807) is 4.90 Å². The van der Waals surface area contributed by atoms with Gasteiger partial charge in [-0.25, -0.2) is 0 Å². The standard InChI is InChI=1S/C28H34N2O2/c1-4-5-19-29-28(32)22(3)30(20-23-15-13-21(2)14-16-23)27(31)18-17-25-11-8-10-24-9-6-7-12-26(24)25/h6-16,22H,4-5,17-20H2,1-3H3,(H,29,32). The third-order valence-electron chi connectivity index (χ3n) is 5.96. The van der Waals surface area contributed by atoms with Gasteiger partial charge in [-0.15, -0.1) is 0 Å². The van der Waals surface area contributed by atoms with E-state index in [4.69, 9.17) is 0 Å². The molecule has 168 valence electrons. The van der Waals surface area contributed by atoms with Crippen LogP contribution in [-0.2, 0) is 22.6 Å². The summed E-state index contributed by atoms with van der Waals surface area (Å²) in [7, 11) is 0. The van der Waals surface area contributed by atoms with E-state index in [-0.39, 0.29) is 11.8 Å². The molecule has 3 rings (SSSR count). The van der Waals surface area contributed by atoms with Crippen molar-refractivity contribution in [1.29, 1.82) is 0 Å². The molecule has 4 heteroatoms. The Morgan fingerprint density at radius 3 is 2.44 bits per heavy atom. The van der Waals surface area contributed by atoms with Crippen LogP contribution < -0.4 is 5.32 Å². The average molecular weight is 431 g/mol. The molecule has 4 nitrogen and oxygen atoms in total. The largest absolute Gasteiger partial charge is 0.354 e. The minimum Gasteiger partial charge on any atom is -0.354 e. The van der Waals surface area contributed by atoms with E-state index in [0.29, 0.717) is 25.9 Å². The summed E-state index contributed by atoms with van der Waals surface area (Å²) in [6, 6.07) is 22.1. The predicted octanol–water partition coefficient (Wildman–Crippen LogP) is 5.41. The number of hydrogen-bond acceptors (Lipinski definition) is 2. The quantitative estimate of drug-likeness (QED) is 0.437. The van der Waals surface area contributed by atoms with Gasteiger partial charge in [0, 0.05) is 19.5 Å². The van der Waals surface area contributed by atoms with Crippen molar-refractivity contribution in [3.05, 3.63) is 83.4 Å². The highest BCUT2D eigenvalue weighted by molar-refractivity contribution is 5.88. The van der Waals surface area contributed by atoms with Crippen molar-refractivity contribution in [2.75, 3.05) is 6.54 Å². The number of fused-ring (bicyclic) bond motifs is 1. The van der Waals surface area contributed by atoms with Crippen LogP contribution in [0.15, 0.2) is 66.7 Å². The molecule has 1 unspecified atom stereocenters. The fourth-order valence-corrected chi connectivity index (χ4v) is 3.90. The van der Waals surface area contributed by atoms with Gasteiger partial charge in [-0.05, 0) is 48.6 Å². The lowest BCUT2D eigenvalue weighted by Gasteiger charge is -2.29. The molecule has 1 N–H and O–H groups in total. The molecular formula is C28H34N2O2. The maximum atomic E-state index is 13.3. The number of amides is 2. The van der Waals surface area contributed by atoms with Crippen LogP contribution in [0.2, 0.25) is 0 Å². The smallest absolute Gasteiger partial charge is 0.242 e. The first-order chi connectivity index (χ1) is 15.5. The number of benzene rings is 3. The molecule has 0 bridgehead atoms. The molecule has 0 saturated heterocycles. The summed E-state index contributed by atoms with van der Waals surface area (Å²) in [5.41, 5.74) is 3.36. The zero-order valence-corrected chi connectivity index (χ0v) is 19.4.